The number of nitrogens with one attached hydrogen (secondary N) is 1. The normalized spacial score (nSPS) is 11.8. The van der Waals surface area contributed by atoms with E-state index in [9.17, 15) is 4.79 Å². The molecule has 0 aliphatic heterocycles. The summed E-state index contributed by atoms with van der Waals surface area (Å²) < 4.78 is 0. The fourth-order valence-electron chi connectivity index (χ4n) is 1.68. The molecule has 0 aliphatic carbocycles. The summed E-state index contributed by atoms with van der Waals surface area (Å²) >= 11 is 1.44. The van der Waals surface area contributed by atoms with Gasteiger partial charge in [-0.05, 0) is 24.6 Å². The van der Waals surface area contributed by atoms with Crippen LogP contribution in [0.3, 0.4) is 0 Å². The van der Waals surface area contributed by atoms with Gasteiger partial charge in [0.05, 0.1) is 16.8 Å². The summed E-state index contributed by atoms with van der Waals surface area (Å²) in [6.07, 6.45) is 1.73. The molecule has 1 aromatic carbocycles. The molecule has 1 N–H and O–H groups in total. The third-order valence-corrected chi connectivity index (χ3v) is 3.61. The van der Waals surface area contributed by atoms with Crippen molar-refractivity contribution in [3.8, 4) is 0 Å². The highest BCUT2D eigenvalue weighted by molar-refractivity contribution is 7.99. The van der Waals surface area contributed by atoms with Gasteiger partial charge in [-0.3, -0.25) is 4.79 Å². The molecule has 0 spiro atoms. The molecule has 0 fully saturated rings. The monoisotopic (exact) mass is 272 g/mol. The van der Waals surface area contributed by atoms with Crippen molar-refractivity contribution in [2.24, 2.45) is 0 Å². The summed E-state index contributed by atoms with van der Waals surface area (Å²) in [4.78, 5) is 16.0. The van der Waals surface area contributed by atoms with Crippen LogP contribution >= 0.6 is 11.8 Å². The predicted octanol–water partition coefficient (Wildman–Crippen LogP) is 3.05. The van der Waals surface area contributed by atoms with E-state index in [1.54, 1.807) is 6.20 Å². The molecule has 3 nitrogen and oxygen atoms in total. The number of thioether (sulfide) groups is 1. The zero-order valence-corrected chi connectivity index (χ0v) is 11.6. The number of amides is 1. The second-order valence-corrected chi connectivity index (χ2v) is 5.15. The third kappa shape index (κ3) is 4.41. The molecular formula is C15H16N2OS. The Morgan fingerprint density at radius 3 is 2.63 bits per heavy atom. The lowest BCUT2D eigenvalue weighted by atomic mass is 10.1. The lowest BCUT2D eigenvalue weighted by molar-refractivity contribution is -0.119. The summed E-state index contributed by atoms with van der Waals surface area (Å²) in [7, 11) is 0. The summed E-state index contributed by atoms with van der Waals surface area (Å²) in [6, 6.07) is 15.6. The van der Waals surface area contributed by atoms with Gasteiger partial charge in [-0.15, -0.1) is 0 Å². The zero-order valence-electron chi connectivity index (χ0n) is 10.7. The van der Waals surface area contributed by atoms with E-state index in [2.05, 4.69) is 10.3 Å². The molecule has 2 aromatic rings. The standard InChI is InChI=1S/C15H16N2OS/c1-12(13-7-3-2-4-8-13)17-14(18)11-19-15-9-5-6-10-16-15/h2-10,12H,11H2,1H3,(H,17,18)/t12-/m1/s1. The molecule has 2 rings (SSSR count). The molecule has 1 atom stereocenters. The Balaban J connectivity index is 1.82. The molecule has 0 unspecified atom stereocenters. The molecule has 0 saturated heterocycles. The topological polar surface area (TPSA) is 42.0 Å². The number of carbonyl (C=O) groups excluding carboxylic acids is 1. The van der Waals surface area contributed by atoms with Gasteiger partial charge in [0.25, 0.3) is 0 Å². The highest BCUT2D eigenvalue weighted by Gasteiger charge is 2.09. The summed E-state index contributed by atoms with van der Waals surface area (Å²) in [5.41, 5.74) is 1.11. The van der Waals surface area contributed by atoms with Gasteiger partial charge < -0.3 is 5.32 Å². The van der Waals surface area contributed by atoms with Gasteiger partial charge in [-0.25, -0.2) is 4.98 Å². The number of benzene rings is 1. The average Bonchev–Trinajstić information content (AvgIpc) is 2.47. The van der Waals surface area contributed by atoms with E-state index in [0.717, 1.165) is 10.6 Å². The van der Waals surface area contributed by atoms with Gasteiger partial charge in [0.2, 0.25) is 5.91 Å². The van der Waals surface area contributed by atoms with Crippen molar-refractivity contribution in [2.45, 2.75) is 18.0 Å². The number of nitrogens with zero attached hydrogens (tertiary/aromatic N) is 1. The maximum Gasteiger partial charge on any atom is 0.230 e. The first-order chi connectivity index (χ1) is 9.25. The van der Waals surface area contributed by atoms with Crippen LogP contribution in [0.15, 0.2) is 59.8 Å². The Bertz CT molecular complexity index is 516. The van der Waals surface area contributed by atoms with E-state index in [4.69, 9.17) is 0 Å². The molecule has 0 aliphatic rings. The molecule has 1 heterocycles. The number of rotatable bonds is 5. The van der Waals surface area contributed by atoms with E-state index in [0.29, 0.717) is 5.75 Å². The lowest BCUT2D eigenvalue weighted by Gasteiger charge is -2.13. The van der Waals surface area contributed by atoms with Crippen molar-refractivity contribution in [1.82, 2.24) is 10.3 Å². The van der Waals surface area contributed by atoms with Crippen molar-refractivity contribution in [2.75, 3.05) is 5.75 Å². The van der Waals surface area contributed by atoms with Crippen molar-refractivity contribution in [1.29, 1.82) is 0 Å². The molecule has 4 heteroatoms. The van der Waals surface area contributed by atoms with Crippen molar-refractivity contribution in [3.63, 3.8) is 0 Å². The average molecular weight is 272 g/mol. The Hall–Kier alpha value is -1.81. The van der Waals surface area contributed by atoms with Crippen molar-refractivity contribution in [3.05, 3.63) is 60.3 Å². The minimum absolute atomic E-state index is 0.0204. The van der Waals surface area contributed by atoms with Crippen LogP contribution in [-0.4, -0.2) is 16.6 Å². The molecule has 19 heavy (non-hydrogen) atoms. The Labute approximate surface area is 117 Å². The smallest absolute Gasteiger partial charge is 0.230 e. The number of hydrogen-bond donors (Lipinski definition) is 1. The van der Waals surface area contributed by atoms with Gasteiger partial charge in [0.15, 0.2) is 0 Å². The largest absolute Gasteiger partial charge is 0.349 e. The molecular weight excluding hydrogens is 256 g/mol. The maximum absolute atomic E-state index is 11.8. The SMILES string of the molecule is C[C@@H](NC(=O)CSc1ccccn1)c1ccccc1. The highest BCUT2D eigenvalue weighted by Crippen LogP contribution is 2.15. The third-order valence-electron chi connectivity index (χ3n) is 2.67. The zero-order chi connectivity index (χ0) is 13.5. The number of aromatic nitrogens is 1. The van der Waals surface area contributed by atoms with E-state index < -0.39 is 0 Å². The van der Waals surface area contributed by atoms with E-state index in [-0.39, 0.29) is 11.9 Å². The summed E-state index contributed by atoms with van der Waals surface area (Å²) in [6.45, 7) is 1.98. The quantitative estimate of drug-likeness (QED) is 0.851. The Kier molecular flexibility index (Phi) is 4.98. The van der Waals surface area contributed by atoms with Crippen LogP contribution in [0.25, 0.3) is 0 Å². The number of hydrogen-bond acceptors (Lipinski definition) is 3. The lowest BCUT2D eigenvalue weighted by Crippen LogP contribution is -2.28. The predicted molar refractivity (Wildman–Crippen MR) is 78.0 cm³/mol. The Morgan fingerprint density at radius 2 is 1.95 bits per heavy atom. The van der Waals surface area contributed by atoms with Gasteiger partial charge >= 0.3 is 0 Å². The molecule has 1 amide bonds. The fraction of sp³-hybridized carbons (Fsp3) is 0.200. The molecule has 0 saturated carbocycles. The van der Waals surface area contributed by atoms with E-state index in [1.807, 2.05) is 55.5 Å². The molecule has 1 aromatic heterocycles. The number of pyridine rings is 1. The van der Waals surface area contributed by atoms with Crippen molar-refractivity contribution >= 4 is 17.7 Å². The van der Waals surface area contributed by atoms with Crippen LogP contribution in [0.2, 0.25) is 0 Å². The van der Waals surface area contributed by atoms with Crippen LogP contribution in [0.4, 0.5) is 0 Å². The maximum atomic E-state index is 11.8. The summed E-state index contributed by atoms with van der Waals surface area (Å²) in [5.74, 6) is 0.403. The van der Waals surface area contributed by atoms with Crippen LogP contribution < -0.4 is 5.32 Å². The summed E-state index contributed by atoms with van der Waals surface area (Å²) in [5, 5.41) is 3.84. The van der Waals surface area contributed by atoms with Crippen LogP contribution in [-0.2, 0) is 4.79 Å². The first kappa shape index (κ1) is 13.6. The minimum Gasteiger partial charge on any atom is -0.349 e. The van der Waals surface area contributed by atoms with Crippen LogP contribution in [0.1, 0.15) is 18.5 Å². The van der Waals surface area contributed by atoms with Gasteiger partial charge in [-0.2, -0.15) is 0 Å². The van der Waals surface area contributed by atoms with Crippen LogP contribution in [0.5, 0.6) is 0 Å². The molecule has 0 bridgehead atoms. The van der Waals surface area contributed by atoms with E-state index >= 15 is 0 Å². The fourth-order valence-corrected chi connectivity index (χ4v) is 2.35. The van der Waals surface area contributed by atoms with Gasteiger partial charge in [0, 0.05) is 6.20 Å². The van der Waals surface area contributed by atoms with E-state index in [1.165, 1.54) is 11.8 Å². The molecule has 0 radical (unpaired) electrons. The van der Waals surface area contributed by atoms with Crippen molar-refractivity contribution < 1.29 is 4.79 Å². The Morgan fingerprint density at radius 1 is 1.21 bits per heavy atom. The molecule has 98 valence electrons. The minimum atomic E-state index is 0.0204. The highest BCUT2D eigenvalue weighted by atomic mass is 32.2. The second kappa shape index (κ2) is 6.95. The van der Waals surface area contributed by atoms with Gasteiger partial charge in [-0.1, -0.05) is 48.2 Å². The van der Waals surface area contributed by atoms with Crippen LogP contribution in [0, 0.1) is 0 Å². The first-order valence-corrected chi connectivity index (χ1v) is 7.12. The van der Waals surface area contributed by atoms with Gasteiger partial charge in [0.1, 0.15) is 0 Å². The second-order valence-electron chi connectivity index (χ2n) is 4.16. The first-order valence-electron chi connectivity index (χ1n) is 6.14. The number of carbonyl (C=O) groups is 1.